The summed E-state index contributed by atoms with van der Waals surface area (Å²) in [5, 5.41) is 15.9. The lowest BCUT2D eigenvalue weighted by Crippen LogP contribution is -2.08. The molecule has 4 aromatic rings. The minimum absolute atomic E-state index is 0.0562. The SMILES string of the molecule is Cc1cc(Cl)cc2c(=O)oc(-c3cc([N+](=O)[O-])nn3-c3ncccc3Cl)nc12. The van der Waals surface area contributed by atoms with E-state index in [0.717, 1.165) is 10.7 Å². The highest BCUT2D eigenvalue weighted by Crippen LogP contribution is 2.29. The van der Waals surface area contributed by atoms with E-state index in [2.05, 4.69) is 15.1 Å². The molecule has 3 heterocycles. The third-order valence-corrected chi connectivity index (χ3v) is 4.44. The molecular weight excluding hydrogens is 409 g/mol. The van der Waals surface area contributed by atoms with Crippen LogP contribution in [0.4, 0.5) is 5.82 Å². The molecule has 140 valence electrons. The molecule has 0 fully saturated rings. The average Bonchev–Trinajstić information content (AvgIpc) is 3.08. The van der Waals surface area contributed by atoms with Crippen LogP contribution in [0, 0.1) is 17.0 Å². The minimum Gasteiger partial charge on any atom is -0.401 e. The second-order valence-corrected chi connectivity index (χ2v) is 6.63. The van der Waals surface area contributed by atoms with Gasteiger partial charge in [-0.15, -0.1) is 4.68 Å². The molecule has 0 atom stereocenters. The number of nitro groups is 1. The summed E-state index contributed by atoms with van der Waals surface area (Å²) in [6.45, 7) is 1.74. The maximum Gasteiger partial charge on any atom is 0.391 e. The van der Waals surface area contributed by atoms with Crippen LogP contribution in [0.1, 0.15) is 5.56 Å². The van der Waals surface area contributed by atoms with Gasteiger partial charge in [-0.3, -0.25) is 0 Å². The minimum atomic E-state index is -0.687. The second kappa shape index (κ2) is 6.70. The predicted molar refractivity (Wildman–Crippen MR) is 102 cm³/mol. The van der Waals surface area contributed by atoms with Crippen molar-refractivity contribution in [2.75, 3.05) is 0 Å². The van der Waals surface area contributed by atoms with Crippen molar-refractivity contribution < 1.29 is 9.34 Å². The Hall–Kier alpha value is -3.30. The van der Waals surface area contributed by atoms with E-state index in [0.29, 0.717) is 16.1 Å². The summed E-state index contributed by atoms with van der Waals surface area (Å²) in [5.74, 6) is -0.510. The fourth-order valence-corrected chi connectivity index (χ4v) is 3.20. The highest BCUT2D eigenvalue weighted by molar-refractivity contribution is 6.32. The van der Waals surface area contributed by atoms with E-state index in [-0.39, 0.29) is 27.8 Å². The van der Waals surface area contributed by atoms with Gasteiger partial charge in [-0.1, -0.05) is 23.2 Å². The standard InChI is InChI=1S/C17H9Cl2N5O4/c1-8-5-9(18)6-10-14(8)21-16(28-17(10)25)12-7-13(24(26)27)22-23(12)15-11(19)3-2-4-20-15/h2-7H,1H3. The number of pyridine rings is 1. The van der Waals surface area contributed by atoms with Gasteiger partial charge in [-0.05, 0) is 41.7 Å². The molecule has 0 amide bonds. The number of hydrogen-bond acceptors (Lipinski definition) is 7. The second-order valence-electron chi connectivity index (χ2n) is 5.79. The van der Waals surface area contributed by atoms with Crippen LogP contribution in [-0.2, 0) is 0 Å². The summed E-state index contributed by atoms with van der Waals surface area (Å²) in [6.07, 6.45) is 1.45. The lowest BCUT2D eigenvalue weighted by Gasteiger charge is -2.05. The first kappa shape index (κ1) is 18.1. The summed E-state index contributed by atoms with van der Waals surface area (Å²) in [6, 6.07) is 7.38. The molecule has 0 radical (unpaired) electrons. The maximum atomic E-state index is 12.5. The number of aromatic nitrogens is 4. The first-order valence-electron chi connectivity index (χ1n) is 7.82. The zero-order valence-electron chi connectivity index (χ0n) is 14.1. The molecule has 4 rings (SSSR count). The van der Waals surface area contributed by atoms with Crippen molar-refractivity contribution in [2.45, 2.75) is 6.92 Å². The largest absolute Gasteiger partial charge is 0.401 e. The van der Waals surface area contributed by atoms with E-state index < -0.39 is 16.4 Å². The molecule has 3 aromatic heterocycles. The number of nitrogens with zero attached hydrogens (tertiary/aromatic N) is 5. The van der Waals surface area contributed by atoms with Gasteiger partial charge < -0.3 is 14.5 Å². The van der Waals surface area contributed by atoms with Gasteiger partial charge in [-0.2, -0.15) is 0 Å². The Morgan fingerprint density at radius 2 is 2.04 bits per heavy atom. The van der Waals surface area contributed by atoms with Crippen LogP contribution < -0.4 is 5.63 Å². The molecule has 0 spiro atoms. The van der Waals surface area contributed by atoms with Crippen molar-refractivity contribution in [3.63, 3.8) is 0 Å². The maximum absolute atomic E-state index is 12.5. The van der Waals surface area contributed by atoms with Crippen molar-refractivity contribution in [1.82, 2.24) is 19.7 Å². The normalized spacial score (nSPS) is 11.1. The van der Waals surface area contributed by atoms with E-state index in [9.17, 15) is 14.9 Å². The molecule has 0 N–H and O–H groups in total. The van der Waals surface area contributed by atoms with Crippen LogP contribution in [0.15, 0.2) is 45.7 Å². The number of rotatable bonds is 3. The van der Waals surface area contributed by atoms with Crippen LogP contribution in [0.2, 0.25) is 10.0 Å². The quantitative estimate of drug-likeness (QED) is 0.365. The van der Waals surface area contributed by atoms with Crippen LogP contribution in [0.5, 0.6) is 0 Å². The number of halogens is 2. The molecule has 11 heteroatoms. The topological polar surface area (TPSA) is 117 Å². The summed E-state index contributed by atoms with van der Waals surface area (Å²) in [4.78, 5) is 31.5. The monoisotopic (exact) mass is 417 g/mol. The van der Waals surface area contributed by atoms with E-state index in [4.69, 9.17) is 27.6 Å². The van der Waals surface area contributed by atoms with Crippen molar-refractivity contribution in [3.05, 3.63) is 72.7 Å². The summed E-state index contributed by atoms with van der Waals surface area (Å²) < 4.78 is 6.42. The first-order chi connectivity index (χ1) is 13.3. The molecule has 0 aliphatic rings. The van der Waals surface area contributed by atoms with Crippen molar-refractivity contribution in [3.8, 4) is 17.4 Å². The van der Waals surface area contributed by atoms with Crippen LogP contribution in [-0.4, -0.2) is 24.7 Å². The fraction of sp³-hybridized carbons (Fsp3) is 0.0588. The average molecular weight is 418 g/mol. The zero-order valence-corrected chi connectivity index (χ0v) is 15.6. The Balaban J connectivity index is 2.03. The smallest absolute Gasteiger partial charge is 0.391 e. The van der Waals surface area contributed by atoms with Crippen molar-refractivity contribution in [2.24, 2.45) is 0 Å². The molecule has 0 unspecified atom stereocenters. The number of fused-ring (bicyclic) bond motifs is 1. The van der Waals surface area contributed by atoms with Gasteiger partial charge >= 0.3 is 11.4 Å². The van der Waals surface area contributed by atoms with Crippen LogP contribution >= 0.6 is 23.2 Å². The molecule has 0 saturated heterocycles. The highest BCUT2D eigenvalue weighted by Gasteiger charge is 2.26. The Morgan fingerprint density at radius 1 is 1.25 bits per heavy atom. The zero-order chi connectivity index (χ0) is 20.0. The number of aryl methyl sites for hydroxylation is 1. The number of benzene rings is 1. The van der Waals surface area contributed by atoms with Gasteiger partial charge in [0.15, 0.2) is 11.5 Å². The molecule has 0 aliphatic carbocycles. The lowest BCUT2D eigenvalue weighted by atomic mass is 10.1. The summed E-state index contributed by atoms with van der Waals surface area (Å²) in [7, 11) is 0. The Morgan fingerprint density at radius 3 is 2.75 bits per heavy atom. The van der Waals surface area contributed by atoms with Crippen molar-refractivity contribution in [1.29, 1.82) is 0 Å². The van der Waals surface area contributed by atoms with Crippen LogP contribution in [0.25, 0.3) is 28.3 Å². The van der Waals surface area contributed by atoms with Gasteiger partial charge in [0, 0.05) is 11.2 Å². The van der Waals surface area contributed by atoms with Crippen molar-refractivity contribution >= 4 is 39.9 Å². The lowest BCUT2D eigenvalue weighted by molar-refractivity contribution is -0.389. The van der Waals surface area contributed by atoms with Gasteiger partial charge in [0.1, 0.15) is 0 Å². The predicted octanol–water partition coefficient (Wildman–Crippen LogP) is 3.96. The fourth-order valence-electron chi connectivity index (χ4n) is 2.72. The Bertz CT molecular complexity index is 1310. The molecule has 28 heavy (non-hydrogen) atoms. The third kappa shape index (κ3) is 3.00. The summed E-state index contributed by atoms with van der Waals surface area (Å²) >= 11 is 12.1. The summed E-state index contributed by atoms with van der Waals surface area (Å²) in [5.41, 5.74) is 0.375. The Kier molecular flexibility index (Phi) is 4.33. The van der Waals surface area contributed by atoms with Gasteiger partial charge in [-0.25, -0.2) is 14.8 Å². The Labute approximate surface area is 166 Å². The molecule has 0 bridgehead atoms. The van der Waals surface area contributed by atoms with Crippen LogP contribution in [0.3, 0.4) is 0 Å². The molecule has 0 aliphatic heterocycles. The van der Waals surface area contributed by atoms with Gasteiger partial charge in [0.05, 0.1) is 27.1 Å². The molecule has 1 aromatic carbocycles. The first-order valence-corrected chi connectivity index (χ1v) is 8.57. The van der Waals surface area contributed by atoms with E-state index in [1.807, 2.05) is 0 Å². The van der Waals surface area contributed by atoms with Gasteiger partial charge in [0.25, 0.3) is 5.89 Å². The van der Waals surface area contributed by atoms with E-state index in [1.54, 1.807) is 25.1 Å². The van der Waals surface area contributed by atoms with E-state index >= 15 is 0 Å². The highest BCUT2D eigenvalue weighted by atomic mass is 35.5. The molecular formula is C17H9Cl2N5O4. The third-order valence-electron chi connectivity index (χ3n) is 3.93. The number of hydrogen-bond donors (Lipinski definition) is 0. The molecule has 0 saturated carbocycles. The van der Waals surface area contributed by atoms with Gasteiger partial charge in [0.2, 0.25) is 0 Å². The molecule has 9 nitrogen and oxygen atoms in total. The van der Waals surface area contributed by atoms with E-state index in [1.165, 1.54) is 12.3 Å².